The Balaban J connectivity index is 4.69. The largest absolute Gasteiger partial charge is 0.480 e. The van der Waals surface area contributed by atoms with E-state index in [2.05, 4.69) is 23.3 Å². The van der Waals surface area contributed by atoms with Crippen LogP contribution in [0.5, 0.6) is 0 Å². The zero-order chi connectivity index (χ0) is 18.0. The number of hydrogen-bond donors (Lipinski definition) is 7. The highest BCUT2D eigenvalue weighted by atomic mass is 32.1. The number of nitrogens with two attached hydrogens (primary N) is 2. The lowest BCUT2D eigenvalue weighted by atomic mass is 10.1. The van der Waals surface area contributed by atoms with Gasteiger partial charge in [-0.3, -0.25) is 9.59 Å². The molecule has 0 fully saturated rings. The number of aliphatic hydroxyl groups is 1. The predicted octanol–water partition coefficient (Wildman–Crippen LogP) is -2.19. The number of thiol groups is 1. The molecule has 0 bridgehead atoms. The van der Waals surface area contributed by atoms with Crippen molar-refractivity contribution in [3.05, 3.63) is 0 Å². The van der Waals surface area contributed by atoms with E-state index in [9.17, 15) is 19.5 Å². The van der Waals surface area contributed by atoms with Crippen LogP contribution in [0.4, 0.5) is 0 Å². The molecule has 0 aliphatic rings. The summed E-state index contributed by atoms with van der Waals surface area (Å²) in [5, 5.41) is 23.1. The number of carboxylic acid groups (broad SMARTS) is 1. The Kier molecular flexibility index (Phi) is 10.6. The van der Waals surface area contributed by atoms with Crippen molar-refractivity contribution in [2.75, 3.05) is 12.3 Å². The molecule has 0 unspecified atom stereocenters. The first kappa shape index (κ1) is 21.6. The van der Waals surface area contributed by atoms with E-state index in [-0.39, 0.29) is 5.75 Å². The number of nitrogens with one attached hydrogen (secondary N) is 2. The zero-order valence-corrected chi connectivity index (χ0v) is 14.0. The van der Waals surface area contributed by atoms with Crippen LogP contribution in [0.1, 0.15) is 26.2 Å². The van der Waals surface area contributed by atoms with Crippen molar-refractivity contribution < 1.29 is 24.6 Å². The molecule has 10 heteroatoms. The van der Waals surface area contributed by atoms with E-state index in [1.54, 1.807) is 0 Å². The average molecular weight is 350 g/mol. The lowest BCUT2D eigenvalue weighted by molar-refractivity contribution is -0.142. The highest BCUT2D eigenvalue weighted by Crippen LogP contribution is 2.01. The summed E-state index contributed by atoms with van der Waals surface area (Å²) < 4.78 is 0. The average Bonchev–Trinajstić information content (AvgIpc) is 2.48. The Labute approximate surface area is 140 Å². The second-order valence-electron chi connectivity index (χ2n) is 5.20. The van der Waals surface area contributed by atoms with Gasteiger partial charge in [-0.1, -0.05) is 6.42 Å². The van der Waals surface area contributed by atoms with Crippen molar-refractivity contribution in [1.82, 2.24) is 10.6 Å². The Morgan fingerprint density at radius 1 is 1.17 bits per heavy atom. The molecule has 0 rings (SSSR count). The molecule has 23 heavy (non-hydrogen) atoms. The first-order chi connectivity index (χ1) is 10.7. The SMILES string of the molecule is C[C@@H](O)[C@H](NC(=O)[C@@H](N)CCCCN)C(=O)N[C@@H](CS)C(=O)O. The van der Waals surface area contributed by atoms with Gasteiger partial charge in [-0.25, -0.2) is 4.79 Å². The molecule has 0 aliphatic heterocycles. The molecule has 0 aliphatic carbocycles. The second-order valence-corrected chi connectivity index (χ2v) is 5.56. The minimum absolute atomic E-state index is 0.125. The molecule has 0 aromatic rings. The van der Waals surface area contributed by atoms with E-state index in [4.69, 9.17) is 16.6 Å². The molecule has 9 nitrogen and oxygen atoms in total. The number of aliphatic hydroxyl groups excluding tert-OH is 1. The summed E-state index contributed by atoms with van der Waals surface area (Å²) in [6.07, 6.45) is 0.566. The maximum atomic E-state index is 12.0. The molecule has 0 aromatic heterocycles. The topological polar surface area (TPSA) is 168 Å². The quantitative estimate of drug-likeness (QED) is 0.164. The van der Waals surface area contributed by atoms with Crippen LogP contribution in [0, 0.1) is 0 Å². The maximum Gasteiger partial charge on any atom is 0.327 e. The summed E-state index contributed by atoms with van der Waals surface area (Å²) in [7, 11) is 0. The monoisotopic (exact) mass is 350 g/mol. The lowest BCUT2D eigenvalue weighted by Gasteiger charge is -2.24. The standard InChI is InChI=1S/C13H26N4O5S/c1-7(18)10(12(20)16-9(6-23)13(21)22)17-11(19)8(15)4-2-3-5-14/h7-10,18,23H,2-6,14-15H2,1H3,(H,16,20)(H,17,19)(H,21,22)/t7-,8+,9+,10+/m1/s1. The van der Waals surface area contributed by atoms with E-state index in [0.717, 1.165) is 6.42 Å². The van der Waals surface area contributed by atoms with Crippen molar-refractivity contribution in [2.24, 2.45) is 11.5 Å². The predicted molar refractivity (Wildman–Crippen MR) is 87.9 cm³/mol. The summed E-state index contributed by atoms with van der Waals surface area (Å²) in [6.45, 7) is 1.80. The zero-order valence-electron chi connectivity index (χ0n) is 13.1. The van der Waals surface area contributed by atoms with Crippen LogP contribution in [-0.2, 0) is 14.4 Å². The first-order valence-electron chi connectivity index (χ1n) is 7.32. The third-order valence-corrected chi connectivity index (χ3v) is 3.53. The van der Waals surface area contributed by atoms with E-state index in [1.807, 2.05) is 0 Å². The van der Waals surface area contributed by atoms with Crippen LogP contribution < -0.4 is 22.1 Å². The van der Waals surface area contributed by atoms with E-state index in [1.165, 1.54) is 6.92 Å². The van der Waals surface area contributed by atoms with Gasteiger partial charge < -0.3 is 32.3 Å². The maximum absolute atomic E-state index is 12.0. The molecule has 0 saturated carbocycles. The van der Waals surface area contributed by atoms with Gasteiger partial charge in [0.1, 0.15) is 12.1 Å². The van der Waals surface area contributed by atoms with Gasteiger partial charge in [0.15, 0.2) is 0 Å². The highest BCUT2D eigenvalue weighted by molar-refractivity contribution is 7.80. The molecular weight excluding hydrogens is 324 g/mol. The van der Waals surface area contributed by atoms with Crippen LogP contribution >= 0.6 is 12.6 Å². The summed E-state index contributed by atoms with van der Waals surface area (Å²) in [4.78, 5) is 34.9. The van der Waals surface area contributed by atoms with Gasteiger partial charge in [0, 0.05) is 5.75 Å². The Bertz CT molecular complexity index is 408. The van der Waals surface area contributed by atoms with Crippen molar-refractivity contribution in [1.29, 1.82) is 0 Å². The fourth-order valence-electron chi connectivity index (χ4n) is 1.75. The lowest BCUT2D eigenvalue weighted by Crippen LogP contribution is -2.58. The molecule has 2 amide bonds. The minimum atomic E-state index is -1.30. The molecule has 0 radical (unpaired) electrons. The summed E-state index contributed by atoms with van der Waals surface area (Å²) in [5.41, 5.74) is 11.1. The van der Waals surface area contributed by atoms with Gasteiger partial charge in [-0.2, -0.15) is 12.6 Å². The molecule has 0 saturated heterocycles. The van der Waals surface area contributed by atoms with Crippen LogP contribution in [-0.4, -0.2) is 64.5 Å². The minimum Gasteiger partial charge on any atom is -0.480 e. The first-order valence-corrected chi connectivity index (χ1v) is 7.95. The number of aliphatic carboxylic acids is 1. The van der Waals surface area contributed by atoms with Crippen LogP contribution in [0.25, 0.3) is 0 Å². The fraction of sp³-hybridized carbons (Fsp3) is 0.769. The molecule has 4 atom stereocenters. The number of rotatable bonds is 11. The van der Waals surface area contributed by atoms with E-state index < -0.39 is 42.0 Å². The van der Waals surface area contributed by atoms with Crippen molar-refractivity contribution >= 4 is 30.4 Å². The Morgan fingerprint density at radius 3 is 2.22 bits per heavy atom. The van der Waals surface area contributed by atoms with Gasteiger partial charge in [0.25, 0.3) is 0 Å². The van der Waals surface area contributed by atoms with Gasteiger partial charge in [-0.05, 0) is 26.3 Å². The number of unbranched alkanes of at least 4 members (excludes halogenated alkanes) is 1. The number of hydrogen-bond acceptors (Lipinski definition) is 7. The molecular formula is C13H26N4O5S. The molecule has 8 N–H and O–H groups in total. The third kappa shape index (κ3) is 8.16. The molecule has 0 spiro atoms. The number of amides is 2. The third-order valence-electron chi connectivity index (χ3n) is 3.17. The Hall–Kier alpha value is -1.36. The summed E-state index contributed by atoms with van der Waals surface area (Å²) in [5.74, 6) is -2.80. The van der Waals surface area contributed by atoms with Gasteiger partial charge in [0.05, 0.1) is 12.1 Å². The van der Waals surface area contributed by atoms with Crippen LogP contribution in [0.15, 0.2) is 0 Å². The fourth-order valence-corrected chi connectivity index (χ4v) is 2.00. The smallest absolute Gasteiger partial charge is 0.327 e. The normalized spacial score (nSPS) is 16.0. The van der Waals surface area contributed by atoms with Crippen LogP contribution in [0.2, 0.25) is 0 Å². The second kappa shape index (κ2) is 11.2. The van der Waals surface area contributed by atoms with Gasteiger partial charge in [-0.15, -0.1) is 0 Å². The highest BCUT2D eigenvalue weighted by Gasteiger charge is 2.30. The number of carboxylic acids is 1. The van der Waals surface area contributed by atoms with Crippen molar-refractivity contribution in [3.63, 3.8) is 0 Å². The Morgan fingerprint density at radius 2 is 1.78 bits per heavy atom. The van der Waals surface area contributed by atoms with Crippen LogP contribution in [0.3, 0.4) is 0 Å². The van der Waals surface area contributed by atoms with E-state index >= 15 is 0 Å². The van der Waals surface area contributed by atoms with Crippen molar-refractivity contribution in [3.8, 4) is 0 Å². The summed E-state index contributed by atoms with van der Waals surface area (Å²) in [6, 6.07) is -3.36. The van der Waals surface area contributed by atoms with Crippen molar-refractivity contribution in [2.45, 2.75) is 50.4 Å². The molecule has 134 valence electrons. The van der Waals surface area contributed by atoms with Gasteiger partial charge in [0.2, 0.25) is 11.8 Å². The van der Waals surface area contributed by atoms with E-state index in [0.29, 0.717) is 19.4 Å². The van der Waals surface area contributed by atoms with Gasteiger partial charge >= 0.3 is 5.97 Å². The number of carbonyl (C=O) groups excluding carboxylic acids is 2. The molecule has 0 aromatic carbocycles. The molecule has 0 heterocycles. The summed E-state index contributed by atoms with van der Waals surface area (Å²) >= 11 is 3.82. The number of carbonyl (C=O) groups is 3.